The maximum Gasteiger partial charge on any atom is 0.0369 e. The summed E-state index contributed by atoms with van der Waals surface area (Å²) < 4.78 is 0. The van der Waals surface area contributed by atoms with Crippen molar-refractivity contribution in [3.8, 4) is 0 Å². The fraction of sp³-hybridized carbons (Fsp3) is 0.400. The molecule has 1 nitrogen and oxygen atoms in total. The van der Waals surface area contributed by atoms with Crippen LogP contribution in [0.4, 0.5) is 5.69 Å². The van der Waals surface area contributed by atoms with Gasteiger partial charge in [0.1, 0.15) is 0 Å². The van der Waals surface area contributed by atoms with Gasteiger partial charge >= 0.3 is 0 Å². The zero-order valence-electron chi connectivity index (χ0n) is 7.38. The zero-order valence-corrected chi connectivity index (χ0v) is 8.27. The SMILES string of the molecule is Cc1ccccc1NCCCS. The normalized spacial score (nSPS) is 9.83. The standard InChI is InChI=1S/C10H15NS/c1-9-5-2-3-6-10(9)11-7-4-8-12/h2-3,5-6,11-12H,4,7-8H2,1H3. The number of aryl methyl sites for hydroxylation is 1. The van der Waals surface area contributed by atoms with Crippen molar-refractivity contribution < 1.29 is 0 Å². The number of hydrogen-bond acceptors (Lipinski definition) is 2. The van der Waals surface area contributed by atoms with Gasteiger partial charge < -0.3 is 5.32 Å². The van der Waals surface area contributed by atoms with Gasteiger partial charge in [-0.1, -0.05) is 18.2 Å². The summed E-state index contributed by atoms with van der Waals surface area (Å²) in [6, 6.07) is 8.33. The van der Waals surface area contributed by atoms with E-state index in [9.17, 15) is 0 Å². The van der Waals surface area contributed by atoms with Crippen molar-refractivity contribution in [2.24, 2.45) is 0 Å². The van der Waals surface area contributed by atoms with Gasteiger partial charge in [0.05, 0.1) is 0 Å². The Morgan fingerprint density at radius 1 is 1.33 bits per heavy atom. The van der Waals surface area contributed by atoms with Gasteiger partial charge in [-0.25, -0.2) is 0 Å². The molecule has 2 heteroatoms. The first-order valence-corrected chi connectivity index (χ1v) is 4.88. The summed E-state index contributed by atoms with van der Waals surface area (Å²) in [5.74, 6) is 0.943. The van der Waals surface area contributed by atoms with E-state index in [4.69, 9.17) is 0 Å². The van der Waals surface area contributed by atoms with Gasteiger partial charge in [-0.15, -0.1) is 0 Å². The van der Waals surface area contributed by atoms with Crippen molar-refractivity contribution in [3.05, 3.63) is 29.8 Å². The topological polar surface area (TPSA) is 12.0 Å². The van der Waals surface area contributed by atoms with E-state index < -0.39 is 0 Å². The number of nitrogens with one attached hydrogen (secondary N) is 1. The molecule has 1 N–H and O–H groups in total. The molecule has 66 valence electrons. The van der Waals surface area contributed by atoms with Crippen molar-refractivity contribution >= 4 is 18.3 Å². The summed E-state index contributed by atoms with van der Waals surface area (Å²) in [6.07, 6.45) is 1.11. The van der Waals surface area contributed by atoms with Crippen LogP contribution in [-0.4, -0.2) is 12.3 Å². The highest BCUT2D eigenvalue weighted by Crippen LogP contribution is 2.12. The zero-order chi connectivity index (χ0) is 8.81. The minimum absolute atomic E-state index is 0.943. The van der Waals surface area contributed by atoms with Gasteiger partial charge in [0, 0.05) is 12.2 Å². The van der Waals surface area contributed by atoms with Gasteiger partial charge in [0.15, 0.2) is 0 Å². The first-order valence-electron chi connectivity index (χ1n) is 4.25. The predicted molar refractivity (Wildman–Crippen MR) is 58.1 cm³/mol. The molecular formula is C10H15NS. The number of hydrogen-bond donors (Lipinski definition) is 2. The molecule has 1 aromatic carbocycles. The quantitative estimate of drug-likeness (QED) is 0.537. The Hall–Kier alpha value is -0.630. The Morgan fingerprint density at radius 3 is 2.75 bits per heavy atom. The lowest BCUT2D eigenvalue weighted by Crippen LogP contribution is -2.02. The number of rotatable bonds is 4. The van der Waals surface area contributed by atoms with Gasteiger partial charge in [-0.05, 0) is 30.7 Å². The lowest BCUT2D eigenvalue weighted by Gasteiger charge is -2.07. The van der Waals surface area contributed by atoms with E-state index in [1.807, 2.05) is 0 Å². The van der Waals surface area contributed by atoms with Crippen LogP contribution in [0.25, 0.3) is 0 Å². The molecule has 12 heavy (non-hydrogen) atoms. The van der Waals surface area contributed by atoms with Crippen molar-refractivity contribution in [3.63, 3.8) is 0 Å². The Balaban J connectivity index is 2.46. The molecule has 0 aromatic heterocycles. The van der Waals surface area contributed by atoms with E-state index in [-0.39, 0.29) is 0 Å². The second-order valence-corrected chi connectivity index (χ2v) is 3.27. The molecule has 0 aliphatic carbocycles. The molecule has 0 bridgehead atoms. The van der Waals surface area contributed by atoms with Crippen LogP contribution in [0.2, 0.25) is 0 Å². The average Bonchev–Trinajstić information content (AvgIpc) is 2.09. The largest absolute Gasteiger partial charge is 0.385 e. The predicted octanol–water partition coefficient (Wildman–Crippen LogP) is 2.73. The molecule has 0 heterocycles. The van der Waals surface area contributed by atoms with E-state index >= 15 is 0 Å². The highest BCUT2D eigenvalue weighted by Gasteiger charge is 1.93. The molecule has 0 aliphatic rings. The molecular weight excluding hydrogens is 166 g/mol. The van der Waals surface area contributed by atoms with Gasteiger partial charge in [-0.3, -0.25) is 0 Å². The molecule has 0 aliphatic heterocycles. The van der Waals surface area contributed by atoms with Crippen molar-refractivity contribution in [2.45, 2.75) is 13.3 Å². The maximum atomic E-state index is 4.15. The number of thiol groups is 1. The summed E-state index contributed by atoms with van der Waals surface area (Å²) in [4.78, 5) is 0. The monoisotopic (exact) mass is 181 g/mol. The lowest BCUT2D eigenvalue weighted by atomic mass is 10.2. The summed E-state index contributed by atoms with van der Waals surface area (Å²) in [7, 11) is 0. The summed E-state index contributed by atoms with van der Waals surface area (Å²) in [6.45, 7) is 3.12. The van der Waals surface area contributed by atoms with Crippen LogP contribution < -0.4 is 5.32 Å². The third kappa shape index (κ3) is 2.78. The minimum Gasteiger partial charge on any atom is -0.385 e. The van der Waals surface area contributed by atoms with Crippen LogP contribution in [0.3, 0.4) is 0 Å². The van der Waals surface area contributed by atoms with Crippen LogP contribution in [-0.2, 0) is 0 Å². The van der Waals surface area contributed by atoms with Crippen LogP contribution >= 0.6 is 12.6 Å². The molecule has 1 aromatic rings. The van der Waals surface area contributed by atoms with E-state index in [1.54, 1.807) is 0 Å². The van der Waals surface area contributed by atoms with Crippen molar-refractivity contribution in [1.82, 2.24) is 0 Å². The average molecular weight is 181 g/mol. The molecule has 0 unspecified atom stereocenters. The summed E-state index contributed by atoms with van der Waals surface area (Å²) >= 11 is 4.15. The number of para-hydroxylation sites is 1. The number of benzene rings is 1. The second-order valence-electron chi connectivity index (χ2n) is 2.82. The smallest absolute Gasteiger partial charge is 0.0369 e. The van der Waals surface area contributed by atoms with Crippen LogP contribution in [0.1, 0.15) is 12.0 Å². The van der Waals surface area contributed by atoms with E-state index in [0.717, 1.165) is 18.7 Å². The summed E-state index contributed by atoms with van der Waals surface area (Å²) in [5.41, 5.74) is 2.54. The Labute approximate surface area is 79.6 Å². The molecule has 0 spiro atoms. The van der Waals surface area contributed by atoms with E-state index in [1.165, 1.54) is 11.3 Å². The first-order chi connectivity index (χ1) is 5.84. The third-order valence-corrected chi connectivity index (χ3v) is 2.11. The van der Waals surface area contributed by atoms with Gasteiger partial charge in [0.25, 0.3) is 0 Å². The molecule has 0 fully saturated rings. The summed E-state index contributed by atoms with van der Waals surface area (Å²) in [5, 5.41) is 3.36. The number of anilines is 1. The van der Waals surface area contributed by atoms with Gasteiger partial charge in [0.2, 0.25) is 0 Å². The van der Waals surface area contributed by atoms with Gasteiger partial charge in [-0.2, -0.15) is 12.6 Å². The Kier molecular flexibility index (Phi) is 4.01. The highest BCUT2D eigenvalue weighted by atomic mass is 32.1. The molecule has 1 rings (SSSR count). The van der Waals surface area contributed by atoms with Crippen molar-refractivity contribution in [2.75, 3.05) is 17.6 Å². The Morgan fingerprint density at radius 2 is 2.08 bits per heavy atom. The van der Waals surface area contributed by atoms with Crippen LogP contribution in [0, 0.1) is 6.92 Å². The maximum absolute atomic E-state index is 4.15. The highest BCUT2D eigenvalue weighted by molar-refractivity contribution is 7.80. The van der Waals surface area contributed by atoms with Crippen molar-refractivity contribution in [1.29, 1.82) is 0 Å². The Bertz CT molecular complexity index is 235. The molecule has 0 saturated heterocycles. The molecule has 0 atom stereocenters. The lowest BCUT2D eigenvalue weighted by molar-refractivity contribution is 0.993. The fourth-order valence-corrected chi connectivity index (χ4v) is 1.23. The molecule has 0 saturated carbocycles. The first kappa shape index (κ1) is 9.46. The molecule has 0 amide bonds. The van der Waals surface area contributed by atoms with Crippen LogP contribution in [0.15, 0.2) is 24.3 Å². The van der Waals surface area contributed by atoms with E-state index in [2.05, 4.69) is 49.1 Å². The second kappa shape index (κ2) is 5.09. The third-order valence-electron chi connectivity index (χ3n) is 1.80. The molecule has 0 radical (unpaired) electrons. The van der Waals surface area contributed by atoms with E-state index in [0.29, 0.717) is 0 Å². The minimum atomic E-state index is 0.943. The van der Waals surface area contributed by atoms with Crippen LogP contribution in [0.5, 0.6) is 0 Å². The fourth-order valence-electron chi connectivity index (χ4n) is 1.07.